The molecule has 0 bridgehead atoms. The molecule has 1 aromatic heterocycles. The molecule has 24 heavy (non-hydrogen) atoms. The Balaban J connectivity index is 1.71. The Hall–Kier alpha value is -2.44. The van der Waals surface area contributed by atoms with E-state index in [9.17, 15) is 9.18 Å². The molecule has 1 fully saturated rings. The molecule has 2 aromatic rings. The first-order valence-corrected chi connectivity index (χ1v) is 8.12. The van der Waals surface area contributed by atoms with E-state index in [2.05, 4.69) is 10.1 Å². The number of likely N-dealkylation sites (tertiary alicyclic amines) is 1. The average Bonchev–Trinajstić information content (AvgIpc) is 2.86. The van der Waals surface area contributed by atoms with Gasteiger partial charge in [-0.25, -0.2) is 4.39 Å². The number of hydrogen-bond acceptors (Lipinski definition) is 5. The van der Waals surface area contributed by atoms with E-state index in [1.807, 2.05) is 0 Å². The van der Waals surface area contributed by atoms with Crippen LogP contribution in [0.15, 0.2) is 28.8 Å². The molecule has 7 heteroatoms. The number of carbonyl (C=O) groups is 1. The lowest BCUT2D eigenvalue weighted by Gasteiger charge is -2.27. The molecule has 0 spiro atoms. The molecule has 6 nitrogen and oxygen atoms in total. The lowest BCUT2D eigenvalue weighted by atomic mass is 10.1. The van der Waals surface area contributed by atoms with Crippen molar-refractivity contribution in [1.82, 2.24) is 15.0 Å². The first-order chi connectivity index (χ1) is 11.6. The number of carbonyl (C=O) groups excluding carboxylic acids is 1. The quantitative estimate of drug-likeness (QED) is 0.860. The zero-order valence-electron chi connectivity index (χ0n) is 13.6. The van der Waals surface area contributed by atoms with Gasteiger partial charge in [-0.05, 0) is 25.0 Å². The molecule has 1 atom stereocenters. The third-order valence-electron chi connectivity index (χ3n) is 4.10. The average molecular weight is 333 g/mol. The molecule has 0 aliphatic carbocycles. The van der Waals surface area contributed by atoms with Crippen LogP contribution in [0.4, 0.5) is 4.39 Å². The molecule has 1 aromatic carbocycles. The molecule has 0 N–H and O–H groups in total. The Bertz CT molecular complexity index is 704. The van der Waals surface area contributed by atoms with Crippen molar-refractivity contribution in [3.05, 3.63) is 41.8 Å². The fraction of sp³-hybridized carbons (Fsp3) is 0.471. The first-order valence-electron chi connectivity index (χ1n) is 8.12. The SMILES string of the molecule is Cc1nc(C2CCCCCN2C(=O)COc2ccccc2F)no1. The van der Waals surface area contributed by atoms with Crippen LogP contribution in [0.2, 0.25) is 0 Å². The first kappa shape index (κ1) is 16.4. The van der Waals surface area contributed by atoms with Gasteiger partial charge in [0.15, 0.2) is 24.0 Å². The van der Waals surface area contributed by atoms with E-state index in [1.165, 1.54) is 12.1 Å². The summed E-state index contributed by atoms with van der Waals surface area (Å²) in [6.07, 6.45) is 3.74. The Morgan fingerprint density at radius 3 is 2.96 bits per heavy atom. The summed E-state index contributed by atoms with van der Waals surface area (Å²) in [5.74, 6) is 0.393. The van der Waals surface area contributed by atoms with E-state index >= 15 is 0 Å². The van der Waals surface area contributed by atoms with E-state index in [1.54, 1.807) is 24.0 Å². The summed E-state index contributed by atoms with van der Waals surface area (Å²) < 4.78 is 24.0. The van der Waals surface area contributed by atoms with Crippen LogP contribution < -0.4 is 4.74 Å². The molecule has 2 heterocycles. The normalized spacial score (nSPS) is 18.2. The molecule has 1 saturated heterocycles. The van der Waals surface area contributed by atoms with Crippen molar-refractivity contribution in [2.24, 2.45) is 0 Å². The highest BCUT2D eigenvalue weighted by molar-refractivity contribution is 5.78. The van der Waals surface area contributed by atoms with Crippen molar-refractivity contribution < 1.29 is 18.4 Å². The largest absolute Gasteiger partial charge is 0.481 e. The molecule has 1 aliphatic heterocycles. The number of halogens is 1. The van der Waals surface area contributed by atoms with Gasteiger partial charge in [-0.15, -0.1) is 0 Å². The van der Waals surface area contributed by atoms with Gasteiger partial charge in [0.25, 0.3) is 5.91 Å². The van der Waals surface area contributed by atoms with Crippen LogP contribution in [0.5, 0.6) is 5.75 Å². The summed E-state index contributed by atoms with van der Waals surface area (Å²) in [5.41, 5.74) is 0. The summed E-state index contributed by atoms with van der Waals surface area (Å²) in [6, 6.07) is 5.83. The van der Waals surface area contributed by atoms with Crippen LogP contribution in [0.25, 0.3) is 0 Å². The van der Waals surface area contributed by atoms with Gasteiger partial charge in [0, 0.05) is 13.5 Å². The molecule has 0 radical (unpaired) electrons. The zero-order chi connectivity index (χ0) is 16.9. The molecule has 0 saturated carbocycles. The van der Waals surface area contributed by atoms with Gasteiger partial charge < -0.3 is 14.2 Å². The maximum atomic E-state index is 13.6. The molecular weight excluding hydrogens is 313 g/mol. The highest BCUT2D eigenvalue weighted by Crippen LogP contribution is 2.28. The smallest absolute Gasteiger partial charge is 0.261 e. The minimum atomic E-state index is -0.480. The number of rotatable bonds is 4. The fourth-order valence-electron chi connectivity index (χ4n) is 2.91. The maximum Gasteiger partial charge on any atom is 0.261 e. The predicted octanol–water partition coefficient (Wildman–Crippen LogP) is 3.04. The summed E-state index contributed by atoms with van der Waals surface area (Å²) in [7, 11) is 0. The Morgan fingerprint density at radius 1 is 1.38 bits per heavy atom. The number of amides is 1. The second-order valence-electron chi connectivity index (χ2n) is 5.84. The monoisotopic (exact) mass is 333 g/mol. The van der Waals surface area contributed by atoms with Crippen LogP contribution in [0.3, 0.4) is 0 Å². The number of nitrogens with zero attached hydrogens (tertiary/aromatic N) is 3. The number of aromatic nitrogens is 2. The van der Waals surface area contributed by atoms with Crippen LogP contribution in [-0.4, -0.2) is 34.1 Å². The standard InChI is InChI=1S/C17H20FN3O3/c1-12-19-17(20-24-12)14-8-3-2-6-10-21(14)16(22)11-23-15-9-5-4-7-13(15)18/h4-5,7,9,14H,2-3,6,8,10-11H2,1H3. The molecule has 1 unspecified atom stereocenters. The van der Waals surface area contributed by atoms with Crippen molar-refractivity contribution in [2.45, 2.75) is 38.6 Å². The van der Waals surface area contributed by atoms with Crippen LogP contribution >= 0.6 is 0 Å². The minimum Gasteiger partial charge on any atom is -0.481 e. The maximum absolute atomic E-state index is 13.6. The lowest BCUT2D eigenvalue weighted by Crippen LogP contribution is -2.38. The summed E-state index contributed by atoms with van der Waals surface area (Å²) >= 11 is 0. The molecule has 1 aliphatic rings. The van der Waals surface area contributed by atoms with E-state index in [0.717, 1.165) is 25.7 Å². The molecule has 3 rings (SSSR count). The van der Waals surface area contributed by atoms with Crippen LogP contribution in [0.1, 0.15) is 43.4 Å². The molecule has 1 amide bonds. The van der Waals surface area contributed by atoms with Crippen molar-refractivity contribution in [3.63, 3.8) is 0 Å². The van der Waals surface area contributed by atoms with E-state index in [0.29, 0.717) is 18.3 Å². The van der Waals surface area contributed by atoms with Crippen LogP contribution in [-0.2, 0) is 4.79 Å². The summed E-state index contributed by atoms with van der Waals surface area (Å²) in [6.45, 7) is 2.12. The van der Waals surface area contributed by atoms with E-state index < -0.39 is 5.82 Å². The highest BCUT2D eigenvalue weighted by atomic mass is 19.1. The third kappa shape index (κ3) is 3.72. The lowest BCUT2D eigenvalue weighted by molar-refractivity contribution is -0.136. The number of aryl methyl sites for hydroxylation is 1. The number of hydrogen-bond donors (Lipinski definition) is 0. The van der Waals surface area contributed by atoms with Gasteiger partial charge in [0.05, 0.1) is 6.04 Å². The highest BCUT2D eigenvalue weighted by Gasteiger charge is 2.30. The zero-order valence-corrected chi connectivity index (χ0v) is 13.6. The summed E-state index contributed by atoms with van der Waals surface area (Å²) in [5, 5.41) is 3.97. The van der Waals surface area contributed by atoms with Gasteiger partial charge in [-0.2, -0.15) is 4.98 Å². The fourth-order valence-corrected chi connectivity index (χ4v) is 2.91. The minimum absolute atomic E-state index is 0.0765. The number of benzene rings is 1. The van der Waals surface area contributed by atoms with Crippen molar-refractivity contribution in [1.29, 1.82) is 0 Å². The van der Waals surface area contributed by atoms with Gasteiger partial charge in [-0.3, -0.25) is 4.79 Å². The van der Waals surface area contributed by atoms with Crippen molar-refractivity contribution in [2.75, 3.05) is 13.2 Å². The van der Waals surface area contributed by atoms with Gasteiger partial charge in [-0.1, -0.05) is 30.1 Å². The summed E-state index contributed by atoms with van der Waals surface area (Å²) in [4.78, 5) is 18.6. The van der Waals surface area contributed by atoms with Crippen LogP contribution in [0, 0.1) is 12.7 Å². The molecular formula is C17H20FN3O3. The number of para-hydroxylation sites is 1. The van der Waals surface area contributed by atoms with E-state index in [-0.39, 0.29) is 24.3 Å². The Kier molecular flexibility index (Phi) is 5.08. The topological polar surface area (TPSA) is 68.5 Å². The Morgan fingerprint density at radius 2 is 2.21 bits per heavy atom. The third-order valence-corrected chi connectivity index (χ3v) is 4.10. The van der Waals surface area contributed by atoms with Crippen molar-refractivity contribution >= 4 is 5.91 Å². The Labute approximate surface area is 139 Å². The van der Waals surface area contributed by atoms with Gasteiger partial charge in [0.1, 0.15) is 0 Å². The van der Waals surface area contributed by atoms with Crippen molar-refractivity contribution in [3.8, 4) is 5.75 Å². The number of ether oxygens (including phenoxy) is 1. The predicted molar refractivity (Wildman–Crippen MR) is 83.9 cm³/mol. The van der Waals surface area contributed by atoms with E-state index in [4.69, 9.17) is 9.26 Å². The van der Waals surface area contributed by atoms with Gasteiger partial charge in [0.2, 0.25) is 5.89 Å². The van der Waals surface area contributed by atoms with Gasteiger partial charge >= 0.3 is 0 Å². The second-order valence-corrected chi connectivity index (χ2v) is 5.84. The second kappa shape index (κ2) is 7.42. The molecule has 128 valence electrons.